The van der Waals surface area contributed by atoms with Gasteiger partial charge >= 0.3 is 0 Å². The third kappa shape index (κ3) is 2.80. The van der Waals surface area contributed by atoms with Crippen molar-refractivity contribution in [1.29, 1.82) is 0 Å². The van der Waals surface area contributed by atoms with E-state index in [4.69, 9.17) is 5.73 Å². The van der Waals surface area contributed by atoms with Gasteiger partial charge in [0.2, 0.25) is 5.91 Å². The molecular formula is C20H22N2O2. The summed E-state index contributed by atoms with van der Waals surface area (Å²) in [6.45, 7) is 5.72. The van der Waals surface area contributed by atoms with Crippen LogP contribution in [0, 0.1) is 6.92 Å². The van der Waals surface area contributed by atoms with Gasteiger partial charge in [-0.2, -0.15) is 0 Å². The van der Waals surface area contributed by atoms with E-state index in [0.29, 0.717) is 12.0 Å². The molecule has 1 aromatic heterocycles. The molecule has 0 unspecified atom stereocenters. The van der Waals surface area contributed by atoms with E-state index in [0.717, 1.165) is 53.8 Å². The number of primary amides is 1. The van der Waals surface area contributed by atoms with Crippen LogP contribution in [0.4, 0.5) is 0 Å². The number of nitrogens with zero attached hydrogens (tertiary/aromatic N) is 1. The maximum atomic E-state index is 12.2. The summed E-state index contributed by atoms with van der Waals surface area (Å²) in [7, 11) is 0. The maximum absolute atomic E-state index is 12.2. The smallest absolute Gasteiger partial charge is 0.248 e. The van der Waals surface area contributed by atoms with Gasteiger partial charge in [-0.15, -0.1) is 6.58 Å². The molecule has 0 radical (unpaired) electrons. The van der Waals surface area contributed by atoms with E-state index >= 15 is 0 Å². The highest BCUT2D eigenvalue weighted by atomic mass is 16.1. The molecule has 4 heteroatoms. The van der Waals surface area contributed by atoms with Crippen LogP contribution in [0.25, 0.3) is 5.69 Å². The summed E-state index contributed by atoms with van der Waals surface area (Å²) < 4.78 is 2.09. The highest BCUT2D eigenvalue weighted by Gasteiger charge is 2.24. The first-order chi connectivity index (χ1) is 11.5. The van der Waals surface area contributed by atoms with Gasteiger partial charge in [-0.05, 0) is 61.9 Å². The normalized spacial score (nSPS) is 13.6. The van der Waals surface area contributed by atoms with Crippen molar-refractivity contribution in [3.05, 3.63) is 65.0 Å². The molecule has 0 fully saturated rings. The number of hydrogen-bond donors (Lipinski definition) is 1. The Morgan fingerprint density at radius 3 is 2.88 bits per heavy atom. The molecule has 0 aliphatic heterocycles. The summed E-state index contributed by atoms with van der Waals surface area (Å²) in [4.78, 5) is 23.9. The fourth-order valence-electron chi connectivity index (χ4n) is 3.52. The van der Waals surface area contributed by atoms with Crippen molar-refractivity contribution in [3.63, 3.8) is 0 Å². The number of carbonyl (C=O) groups is 2. The number of fused-ring (bicyclic) bond motifs is 1. The SMILES string of the molecule is C=CCCc1cc(-n2cc(C)c3c2CCCC3=O)ccc1C(N)=O. The third-order valence-electron chi connectivity index (χ3n) is 4.64. The quantitative estimate of drug-likeness (QED) is 0.856. The molecule has 1 amide bonds. The van der Waals surface area contributed by atoms with Gasteiger partial charge in [-0.25, -0.2) is 0 Å². The van der Waals surface area contributed by atoms with Crippen LogP contribution < -0.4 is 5.73 Å². The van der Waals surface area contributed by atoms with E-state index in [1.165, 1.54) is 0 Å². The Morgan fingerprint density at radius 1 is 1.38 bits per heavy atom. The van der Waals surface area contributed by atoms with E-state index in [1.54, 1.807) is 6.07 Å². The minimum absolute atomic E-state index is 0.230. The number of allylic oxidation sites excluding steroid dienone is 1. The summed E-state index contributed by atoms with van der Waals surface area (Å²) in [5.74, 6) is -0.186. The third-order valence-corrected chi connectivity index (χ3v) is 4.64. The molecule has 0 saturated carbocycles. The lowest BCUT2D eigenvalue weighted by Crippen LogP contribution is -2.15. The standard InChI is InChI=1S/C20H22N2O2/c1-3-4-6-14-11-15(9-10-16(14)20(21)24)22-12-13(2)19-17(22)7-5-8-18(19)23/h3,9-12H,1,4-8H2,2H3,(H2,21,24). The van der Waals surface area contributed by atoms with E-state index in [9.17, 15) is 9.59 Å². The van der Waals surface area contributed by atoms with Crippen LogP contribution in [0.1, 0.15) is 56.8 Å². The Balaban J connectivity index is 2.10. The van der Waals surface area contributed by atoms with Crippen LogP contribution in [0.5, 0.6) is 0 Å². The van der Waals surface area contributed by atoms with Crippen LogP contribution >= 0.6 is 0 Å². The van der Waals surface area contributed by atoms with E-state index in [1.807, 2.05) is 31.3 Å². The Bertz CT molecular complexity index is 830. The fourth-order valence-corrected chi connectivity index (χ4v) is 3.52. The number of nitrogens with two attached hydrogens (primary N) is 1. The van der Waals surface area contributed by atoms with Crippen molar-refractivity contribution < 1.29 is 9.59 Å². The number of hydrogen-bond acceptors (Lipinski definition) is 2. The van der Waals surface area contributed by atoms with Gasteiger partial charge in [0.1, 0.15) is 0 Å². The van der Waals surface area contributed by atoms with Gasteiger partial charge in [-0.1, -0.05) is 6.08 Å². The van der Waals surface area contributed by atoms with Crippen LogP contribution in [-0.2, 0) is 12.8 Å². The number of aromatic nitrogens is 1. The molecule has 0 spiro atoms. The second-order valence-electron chi connectivity index (χ2n) is 6.31. The summed E-state index contributed by atoms with van der Waals surface area (Å²) in [6.07, 6.45) is 7.76. The second kappa shape index (κ2) is 6.48. The highest BCUT2D eigenvalue weighted by molar-refractivity contribution is 6.00. The Hall–Kier alpha value is -2.62. The number of rotatable bonds is 5. The van der Waals surface area contributed by atoms with Gasteiger partial charge < -0.3 is 10.3 Å². The molecule has 2 N–H and O–H groups in total. The monoisotopic (exact) mass is 322 g/mol. The molecular weight excluding hydrogens is 300 g/mol. The molecule has 4 nitrogen and oxygen atoms in total. The first-order valence-electron chi connectivity index (χ1n) is 8.31. The molecule has 1 aromatic carbocycles. The molecule has 1 aliphatic carbocycles. The molecule has 1 aliphatic rings. The summed E-state index contributed by atoms with van der Waals surface area (Å²) >= 11 is 0. The highest BCUT2D eigenvalue weighted by Crippen LogP contribution is 2.29. The minimum atomic E-state index is -0.415. The van der Waals surface area contributed by atoms with E-state index in [2.05, 4.69) is 11.1 Å². The predicted molar refractivity (Wildman–Crippen MR) is 94.8 cm³/mol. The van der Waals surface area contributed by atoms with Gasteiger partial charge in [0.05, 0.1) is 0 Å². The second-order valence-corrected chi connectivity index (χ2v) is 6.31. The lowest BCUT2D eigenvalue weighted by atomic mass is 9.94. The number of amides is 1. The first kappa shape index (κ1) is 16.2. The van der Waals surface area contributed by atoms with Crippen LogP contribution in [0.15, 0.2) is 37.1 Å². The largest absolute Gasteiger partial charge is 0.366 e. The summed E-state index contributed by atoms with van der Waals surface area (Å²) in [5, 5.41) is 0. The lowest BCUT2D eigenvalue weighted by molar-refractivity contribution is 0.0969. The van der Waals surface area contributed by atoms with Crippen molar-refractivity contribution in [3.8, 4) is 5.69 Å². The Kier molecular flexibility index (Phi) is 4.38. The molecule has 124 valence electrons. The number of aryl methyl sites for hydroxylation is 2. The lowest BCUT2D eigenvalue weighted by Gasteiger charge is -2.16. The molecule has 1 heterocycles. The zero-order valence-electron chi connectivity index (χ0n) is 14.0. The van der Waals surface area contributed by atoms with Crippen molar-refractivity contribution >= 4 is 11.7 Å². The van der Waals surface area contributed by atoms with E-state index < -0.39 is 5.91 Å². The average molecular weight is 322 g/mol. The molecule has 0 atom stereocenters. The maximum Gasteiger partial charge on any atom is 0.248 e. The van der Waals surface area contributed by atoms with Gasteiger partial charge in [-0.3, -0.25) is 9.59 Å². The van der Waals surface area contributed by atoms with E-state index in [-0.39, 0.29) is 5.78 Å². The van der Waals surface area contributed by atoms with Gasteiger partial charge in [0, 0.05) is 35.1 Å². The number of Topliss-reactive ketones (excluding diaryl/α,β-unsaturated/α-hetero) is 1. The number of ketones is 1. The minimum Gasteiger partial charge on any atom is -0.366 e. The van der Waals surface area contributed by atoms with Crippen LogP contribution in [-0.4, -0.2) is 16.3 Å². The summed E-state index contributed by atoms with van der Waals surface area (Å²) in [6, 6.07) is 5.68. The molecule has 3 rings (SSSR count). The molecule has 24 heavy (non-hydrogen) atoms. The van der Waals surface area contributed by atoms with Crippen molar-refractivity contribution in [2.24, 2.45) is 5.73 Å². The zero-order chi connectivity index (χ0) is 17.3. The average Bonchev–Trinajstić information content (AvgIpc) is 2.90. The van der Waals surface area contributed by atoms with Crippen molar-refractivity contribution in [2.75, 3.05) is 0 Å². The Morgan fingerprint density at radius 2 is 2.17 bits per heavy atom. The van der Waals surface area contributed by atoms with Crippen LogP contribution in [0.3, 0.4) is 0 Å². The number of benzene rings is 1. The number of carbonyl (C=O) groups excluding carboxylic acids is 2. The molecule has 2 aromatic rings. The van der Waals surface area contributed by atoms with Crippen molar-refractivity contribution in [2.45, 2.75) is 39.0 Å². The predicted octanol–water partition coefficient (Wildman–Crippen LogP) is 3.52. The Labute approximate surface area is 142 Å². The first-order valence-corrected chi connectivity index (χ1v) is 8.31. The van der Waals surface area contributed by atoms with Crippen LogP contribution in [0.2, 0.25) is 0 Å². The zero-order valence-corrected chi connectivity index (χ0v) is 14.0. The summed E-state index contributed by atoms with van der Waals surface area (Å²) in [5.41, 5.74) is 10.9. The fraction of sp³-hybridized carbons (Fsp3) is 0.300. The molecule has 0 saturated heterocycles. The van der Waals surface area contributed by atoms with Gasteiger partial charge in [0.25, 0.3) is 0 Å². The van der Waals surface area contributed by atoms with Gasteiger partial charge in [0.15, 0.2) is 5.78 Å². The van der Waals surface area contributed by atoms with Crippen molar-refractivity contribution in [1.82, 2.24) is 4.57 Å². The molecule has 0 bridgehead atoms. The topological polar surface area (TPSA) is 65.1 Å².